The van der Waals surface area contributed by atoms with Crippen LogP contribution in [0.25, 0.3) is 0 Å². The molecule has 1 saturated heterocycles. The van der Waals surface area contributed by atoms with E-state index in [1.54, 1.807) is 0 Å². The summed E-state index contributed by atoms with van der Waals surface area (Å²) in [4.78, 5) is 14.1. The molecule has 2 unspecified atom stereocenters. The summed E-state index contributed by atoms with van der Waals surface area (Å²) in [6.45, 7) is 5.28. The average molecular weight is 212 g/mol. The molecule has 0 saturated carbocycles. The van der Waals surface area contributed by atoms with Crippen molar-refractivity contribution in [3.63, 3.8) is 0 Å². The first-order chi connectivity index (χ1) is 7.16. The second-order valence-electron chi connectivity index (χ2n) is 4.64. The molecule has 0 aromatic rings. The lowest BCUT2D eigenvalue weighted by molar-refractivity contribution is -0.137. The SMILES string of the molecule is CNCCCC(=O)N1C(C)CCCC1C. The van der Waals surface area contributed by atoms with E-state index in [0.29, 0.717) is 24.4 Å². The van der Waals surface area contributed by atoms with Crippen molar-refractivity contribution < 1.29 is 4.79 Å². The fourth-order valence-electron chi connectivity index (χ4n) is 2.46. The number of carbonyl (C=O) groups excluding carboxylic acids is 1. The van der Waals surface area contributed by atoms with Gasteiger partial charge in [0, 0.05) is 18.5 Å². The number of carbonyl (C=O) groups is 1. The molecule has 1 N–H and O–H groups in total. The molecule has 1 aliphatic heterocycles. The molecule has 1 amide bonds. The number of nitrogens with one attached hydrogen (secondary N) is 1. The highest BCUT2D eigenvalue weighted by Crippen LogP contribution is 2.23. The Hall–Kier alpha value is -0.570. The predicted octanol–water partition coefficient (Wildman–Crippen LogP) is 1.78. The fraction of sp³-hybridized carbons (Fsp3) is 0.917. The highest BCUT2D eigenvalue weighted by Gasteiger charge is 2.27. The summed E-state index contributed by atoms with van der Waals surface area (Å²) in [5, 5.41) is 3.08. The van der Waals surface area contributed by atoms with Gasteiger partial charge in [-0.2, -0.15) is 0 Å². The van der Waals surface area contributed by atoms with E-state index in [0.717, 1.165) is 13.0 Å². The number of hydrogen-bond acceptors (Lipinski definition) is 2. The number of nitrogens with zero attached hydrogens (tertiary/aromatic N) is 1. The lowest BCUT2D eigenvalue weighted by Gasteiger charge is -2.39. The largest absolute Gasteiger partial charge is 0.337 e. The summed E-state index contributed by atoms with van der Waals surface area (Å²) < 4.78 is 0. The topological polar surface area (TPSA) is 32.3 Å². The van der Waals surface area contributed by atoms with Gasteiger partial charge in [0.05, 0.1) is 0 Å². The van der Waals surface area contributed by atoms with Gasteiger partial charge in [0.2, 0.25) is 5.91 Å². The van der Waals surface area contributed by atoms with E-state index < -0.39 is 0 Å². The molecule has 2 atom stereocenters. The minimum atomic E-state index is 0.338. The number of likely N-dealkylation sites (tertiary alicyclic amines) is 1. The summed E-state index contributed by atoms with van der Waals surface area (Å²) in [6, 6.07) is 0.881. The van der Waals surface area contributed by atoms with Gasteiger partial charge in [0.1, 0.15) is 0 Å². The molecule has 1 fully saturated rings. The minimum absolute atomic E-state index is 0.338. The summed E-state index contributed by atoms with van der Waals surface area (Å²) in [6.07, 6.45) is 5.24. The Morgan fingerprint density at radius 3 is 2.47 bits per heavy atom. The van der Waals surface area contributed by atoms with Gasteiger partial charge in [-0.15, -0.1) is 0 Å². The molecule has 88 valence electrons. The first-order valence-corrected chi connectivity index (χ1v) is 6.12. The average Bonchev–Trinajstić information content (AvgIpc) is 2.18. The van der Waals surface area contributed by atoms with Crippen LogP contribution in [0.4, 0.5) is 0 Å². The van der Waals surface area contributed by atoms with Gasteiger partial charge in [-0.05, 0) is 53.1 Å². The maximum Gasteiger partial charge on any atom is 0.223 e. The van der Waals surface area contributed by atoms with Gasteiger partial charge in [-0.1, -0.05) is 0 Å². The van der Waals surface area contributed by atoms with Gasteiger partial charge in [0.15, 0.2) is 0 Å². The second-order valence-corrected chi connectivity index (χ2v) is 4.64. The van der Waals surface area contributed by atoms with Crippen LogP contribution in [0.15, 0.2) is 0 Å². The van der Waals surface area contributed by atoms with E-state index >= 15 is 0 Å². The lowest BCUT2D eigenvalue weighted by Crippen LogP contribution is -2.47. The van der Waals surface area contributed by atoms with Crippen molar-refractivity contribution in [3.05, 3.63) is 0 Å². The third-order valence-electron chi connectivity index (χ3n) is 3.30. The first-order valence-electron chi connectivity index (χ1n) is 6.12. The van der Waals surface area contributed by atoms with Gasteiger partial charge in [0.25, 0.3) is 0 Å². The molecule has 1 rings (SSSR count). The Bertz CT molecular complexity index is 196. The standard InChI is InChI=1S/C12H24N2O/c1-10-6-4-7-11(2)14(10)12(15)8-5-9-13-3/h10-11,13H,4-9H2,1-3H3. The van der Waals surface area contributed by atoms with Crippen LogP contribution in [0.5, 0.6) is 0 Å². The van der Waals surface area contributed by atoms with Crippen LogP contribution < -0.4 is 5.32 Å². The van der Waals surface area contributed by atoms with Crippen molar-refractivity contribution >= 4 is 5.91 Å². The third-order valence-corrected chi connectivity index (χ3v) is 3.30. The zero-order chi connectivity index (χ0) is 11.3. The van der Waals surface area contributed by atoms with Crippen LogP contribution in [-0.2, 0) is 4.79 Å². The maximum atomic E-state index is 12.0. The predicted molar refractivity (Wildman–Crippen MR) is 62.8 cm³/mol. The molecule has 1 aliphatic rings. The molecule has 0 aliphatic carbocycles. The molecule has 0 radical (unpaired) electrons. The van der Waals surface area contributed by atoms with Crippen molar-refractivity contribution in [1.82, 2.24) is 10.2 Å². The maximum absolute atomic E-state index is 12.0. The molecule has 15 heavy (non-hydrogen) atoms. The summed E-state index contributed by atoms with van der Waals surface area (Å²) in [7, 11) is 1.93. The lowest BCUT2D eigenvalue weighted by atomic mass is 9.97. The highest BCUT2D eigenvalue weighted by molar-refractivity contribution is 5.76. The Labute approximate surface area is 93.2 Å². The van der Waals surface area contributed by atoms with Crippen molar-refractivity contribution in [2.75, 3.05) is 13.6 Å². The smallest absolute Gasteiger partial charge is 0.223 e. The number of rotatable bonds is 4. The van der Waals surface area contributed by atoms with Crippen molar-refractivity contribution in [3.8, 4) is 0 Å². The van der Waals surface area contributed by atoms with Crippen molar-refractivity contribution in [2.24, 2.45) is 0 Å². The van der Waals surface area contributed by atoms with E-state index in [1.165, 1.54) is 19.3 Å². The molecular formula is C12H24N2O. The summed E-state index contributed by atoms with van der Waals surface area (Å²) in [5.74, 6) is 0.338. The van der Waals surface area contributed by atoms with Crippen LogP contribution in [0, 0.1) is 0 Å². The summed E-state index contributed by atoms with van der Waals surface area (Å²) in [5.41, 5.74) is 0. The monoisotopic (exact) mass is 212 g/mol. The van der Waals surface area contributed by atoms with Crippen LogP contribution in [0.2, 0.25) is 0 Å². The van der Waals surface area contributed by atoms with Crippen molar-refractivity contribution in [2.45, 2.75) is 58.0 Å². The zero-order valence-corrected chi connectivity index (χ0v) is 10.3. The quantitative estimate of drug-likeness (QED) is 0.720. The van der Waals surface area contributed by atoms with Crippen LogP contribution in [0.1, 0.15) is 46.0 Å². The zero-order valence-electron chi connectivity index (χ0n) is 10.3. The molecule has 0 bridgehead atoms. The number of amides is 1. The summed E-state index contributed by atoms with van der Waals surface area (Å²) >= 11 is 0. The molecule has 0 spiro atoms. The van der Waals surface area contributed by atoms with Gasteiger partial charge < -0.3 is 10.2 Å². The van der Waals surface area contributed by atoms with Gasteiger partial charge in [-0.25, -0.2) is 0 Å². The fourth-order valence-corrected chi connectivity index (χ4v) is 2.46. The van der Waals surface area contributed by atoms with Gasteiger partial charge >= 0.3 is 0 Å². The molecular weight excluding hydrogens is 188 g/mol. The van der Waals surface area contributed by atoms with E-state index in [9.17, 15) is 4.79 Å². The molecule has 3 nitrogen and oxygen atoms in total. The molecule has 3 heteroatoms. The Morgan fingerprint density at radius 2 is 1.93 bits per heavy atom. The minimum Gasteiger partial charge on any atom is -0.337 e. The number of piperidine rings is 1. The Kier molecular flexibility index (Phi) is 5.09. The van der Waals surface area contributed by atoms with Crippen LogP contribution >= 0.6 is 0 Å². The van der Waals surface area contributed by atoms with E-state index in [-0.39, 0.29) is 0 Å². The molecule has 1 heterocycles. The van der Waals surface area contributed by atoms with E-state index in [4.69, 9.17) is 0 Å². The Morgan fingerprint density at radius 1 is 1.33 bits per heavy atom. The second kappa shape index (κ2) is 6.11. The van der Waals surface area contributed by atoms with Gasteiger partial charge in [-0.3, -0.25) is 4.79 Å². The van der Waals surface area contributed by atoms with Crippen LogP contribution in [-0.4, -0.2) is 36.5 Å². The first kappa shape index (κ1) is 12.5. The van der Waals surface area contributed by atoms with Crippen molar-refractivity contribution in [1.29, 1.82) is 0 Å². The molecule has 0 aromatic heterocycles. The third kappa shape index (κ3) is 3.49. The van der Waals surface area contributed by atoms with Crippen LogP contribution in [0.3, 0.4) is 0 Å². The van der Waals surface area contributed by atoms with E-state index in [1.807, 2.05) is 7.05 Å². The normalized spacial score (nSPS) is 26.7. The van der Waals surface area contributed by atoms with E-state index in [2.05, 4.69) is 24.1 Å². The Balaban J connectivity index is 2.41. The molecule has 0 aromatic carbocycles. The number of hydrogen-bond donors (Lipinski definition) is 1. The highest BCUT2D eigenvalue weighted by atomic mass is 16.2.